The Bertz CT molecular complexity index is 367. The summed E-state index contributed by atoms with van der Waals surface area (Å²) >= 11 is 0. The van der Waals surface area contributed by atoms with E-state index in [0.29, 0.717) is 0 Å². The molecule has 0 aromatic carbocycles. The Labute approximate surface area is 93.1 Å². The van der Waals surface area contributed by atoms with Crippen molar-refractivity contribution in [2.24, 2.45) is 0 Å². The number of hydrogen-bond acceptors (Lipinski definition) is 3. The maximum Gasteiger partial charge on any atom is 0.319 e. The van der Waals surface area contributed by atoms with Gasteiger partial charge >= 0.3 is 6.55 Å². The minimum atomic E-state index is -2.59. The maximum absolute atomic E-state index is 12.5. The summed E-state index contributed by atoms with van der Waals surface area (Å²) < 4.78 is 25.9. The zero-order valence-electron chi connectivity index (χ0n) is 9.27. The topological polar surface area (TPSA) is 44.9 Å². The molecule has 1 aromatic rings. The Morgan fingerprint density at radius 2 is 2.25 bits per heavy atom. The summed E-state index contributed by atoms with van der Waals surface area (Å²) in [6.45, 7) is 1.68. The van der Waals surface area contributed by atoms with Crippen LogP contribution in [0.5, 0.6) is 0 Å². The van der Waals surface area contributed by atoms with Crippen molar-refractivity contribution in [3.63, 3.8) is 0 Å². The normalized spacial score (nSPS) is 11.4. The van der Waals surface area contributed by atoms with E-state index in [1.807, 2.05) is 19.9 Å². The fourth-order valence-electron chi connectivity index (χ4n) is 1.34. The third kappa shape index (κ3) is 3.00. The van der Waals surface area contributed by atoms with E-state index in [0.717, 1.165) is 4.57 Å². The van der Waals surface area contributed by atoms with Crippen molar-refractivity contribution in [2.45, 2.75) is 33.0 Å². The average Bonchev–Trinajstić information content (AvgIpc) is 2.65. The molecule has 0 unspecified atom stereocenters. The highest BCUT2D eigenvalue weighted by Crippen LogP contribution is 2.14. The zero-order valence-corrected chi connectivity index (χ0v) is 9.27. The van der Waals surface area contributed by atoms with Gasteiger partial charge in [0.25, 0.3) is 0 Å². The maximum atomic E-state index is 12.5. The molecule has 0 amide bonds. The van der Waals surface area contributed by atoms with Crippen LogP contribution in [0.15, 0.2) is 12.4 Å². The molecule has 0 atom stereocenters. The molecular formula is C10H14F2N4. The SMILES string of the molecule is CC(C)N(CC#N)Cc1nccn1C(F)F. The van der Waals surface area contributed by atoms with Gasteiger partial charge in [0.1, 0.15) is 5.82 Å². The van der Waals surface area contributed by atoms with E-state index in [4.69, 9.17) is 5.26 Å². The van der Waals surface area contributed by atoms with Crippen LogP contribution in [0.4, 0.5) is 8.78 Å². The van der Waals surface area contributed by atoms with Crippen LogP contribution in [0.3, 0.4) is 0 Å². The van der Waals surface area contributed by atoms with Gasteiger partial charge in [0.2, 0.25) is 0 Å². The second-order valence-corrected chi connectivity index (χ2v) is 3.69. The first kappa shape index (κ1) is 12.6. The van der Waals surface area contributed by atoms with Gasteiger partial charge in [-0.1, -0.05) is 0 Å². The molecule has 1 heterocycles. The largest absolute Gasteiger partial charge is 0.319 e. The molecule has 0 aliphatic heterocycles. The summed E-state index contributed by atoms with van der Waals surface area (Å²) in [5, 5.41) is 8.63. The van der Waals surface area contributed by atoms with Gasteiger partial charge < -0.3 is 0 Å². The van der Waals surface area contributed by atoms with E-state index in [2.05, 4.69) is 4.98 Å². The van der Waals surface area contributed by atoms with Gasteiger partial charge in [-0.25, -0.2) is 4.98 Å². The molecule has 0 saturated heterocycles. The van der Waals surface area contributed by atoms with Crippen molar-refractivity contribution < 1.29 is 8.78 Å². The highest BCUT2D eigenvalue weighted by molar-refractivity contribution is 4.94. The lowest BCUT2D eigenvalue weighted by molar-refractivity contribution is 0.0633. The Morgan fingerprint density at radius 3 is 2.75 bits per heavy atom. The van der Waals surface area contributed by atoms with Gasteiger partial charge in [-0.2, -0.15) is 14.0 Å². The molecule has 1 rings (SSSR count). The van der Waals surface area contributed by atoms with Gasteiger partial charge in [0.05, 0.1) is 19.2 Å². The molecule has 0 aliphatic carbocycles. The predicted octanol–water partition coefficient (Wildman–Crippen LogP) is 2.01. The number of rotatable bonds is 5. The average molecular weight is 228 g/mol. The molecule has 1 aromatic heterocycles. The number of halogens is 2. The quantitative estimate of drug-likeness (QED) is 0.724. The number of nitriles is 1. The van der Waals surface area contributed by atoms with Gasteiger partial charge in [-0.3, -0.25) is 9.47 Å². The van der Waals surface area contributed by atoms with Crippen LogP contribution >= 0.6 is 0 Å². The molecule has 0 saturated carbocycles. The number of nitrogens with zero attached hydrogens (tertiary/aromatic N) is 4. The summed E-state index contributed by atoms with van der Waals surface area (Å²) in [6, 6.07) is 2.13. The first-order valence-electron chi connectivity index (χ1n) is 4.97. The van der Waals surface area contributed by atoms with Gasteiger partial charge in [0, 0.05) is 18.4 Å². The van der Waals surface area contributed by atoms with E-state index in [1.165, 1.54) is 12.4 Å². The number of alkyl halides is 2. The molecule has 4 nitrogen and oxygen atoms in total. The number of hydrogen-bond donors (Lipinski definition) is 0. The lowest BCUT2D eigenvalue weighted by Crippen LogP contribution is -2.32. The summed E-state index contributed by atoms with van der Waals surface area (Å²) in [5.74, 6) is 0.277. The molecule has 0 N–H and O–H groups in total. The molecule has 0 fully saturated rings. The summed E-state index contributed by atoms with van der Waals surface area (Å²) in [4.78, 5) is 5.65. The van der Waals surface area contributed by atoms with Crippen molar-refractivity contribution in [1.29, 1.82) is 5.26 Å². The lowest BCUT2D eigenvalue weighted by atomic mass is 10.3. The Morgan fingerprint density at radius 1 is 1.56 bits per heavy atom. The van der Waals surface area contributed by atoms with Crippen LogP contribution < -0.4 is 0 Å². The summed E-state index contributed by atoms with van der Waals surface area (Å²) in [7, 11) is 0. The van der Waals surface area contributed by atoms with E-state index in [1.54, 1.807) is 4.90 Å². The van der Waals surface area contributed by atoms with Crippen molar-refractivity contribution in [1.82, 2.24) is 14.5 Å². The monoisotopic (exact) mass is 228 g/mol. The molecular weight excluding hydrogens is 214 g/mol. The fourth-order valence-corrected chi connectivity index (χ4v) is 1.34. The van der Waals surface area contributed by atoms with E-state index in [9.17, 15) is 8.78 Å². The second-order valence-electron chi connectivity index (χ2n) is 3.69. The zero-order chi connectivity index (χ0) is 12.1. The second kappa shape index (κ2) is 5.56. The Balaban J connectivity index is 2.77. The van der Waals surface area contributed by atoms with Crippen molar-refractivity contribution in [2.75, 3.05) is 6.54 Å². The Kier molecular flexibility index (Phi) is 4.38. The van der Waals surface area contributed by atoms with Crippen molar-refractivity contribution >= 4 is 0 Å². The summed E-state index contributed by atoms with van der Waals surface area (Å²) in [6.07, 6.45) is 2.58. The van der Waals surface area contributed by atoms with Crippen LogP contribution in [-0.2, 0) is 6.54 Å². The summed E-state index contributed by atoms with van der Waals surface area (Å²) in [5.41, 5.74) is 0. The molecule has 0 radical (unpaired) electrons. The smallest absolute Gasteiger partial charge is 0.281 e. The van der Waals surface area contributed by atoms with Crippen LogP contribution in [0.2, 0.25) is 0 Å². The van der Waals surface area contributed by atoms with E-state index in [-0.39, 0.29) is 25.0 Å². The van der Waals surface area contributed by atoms with Crippen LogP contribution in [-0.4, -0.2) is 27.0 Å². The molecule has 0 aliphatic rings. The van der Waals surface area contributed by atoms with Crippen molar-refractivity contribution in [3.05, 3.63) is 18.2 Å². The molecule has 6 heteroatoms. The third-order valence-corrected chi connectivity index (χ3v) is 2.31. The highest BCUT2D eigenvalue weighted by Gasteiger charge is 2.16. The van der Waals surface area contributed by atoms with Crippen molar-refractivity contribution in [3.8, 4) is 6.07 Å². The Hall–Kier alpha value is -1.48. The first-order valence-corrected chi connectivity index (χ1v) is 4.97. The fraction of sp³-hybridized carbons (Fsp3) is 0.600. The highest BCUT2D eigenvalue weighted by atomic mass is 19.3. The minimum absolute atomic E-state index is 0.113. The molecule has 0 spiro atoms. The van der Waals surface area contributed by atoms with E-state index >= 15 is 0 Å². The number of imidazole rings is 1. The standard InChI is InChI=1S/C10H14F2N4/c1-8(2)15(5-3-13)7-9-14-4-6-16(9)10(11)12/h4,6,8,10H,5,7H2,1-2H3. The van der Waals surface area contributed by atoms with Crippen LogP contribution in [0.25, 0.3) is 0 Å². The van der Waals surface area contributed by atoms with Crippen LogP contribution in [0.1, 0.15) is 26.2 Å². The van der Waals surface area contributed by atoms with E-state index < -0.39 is 6.55 Å². The van der Waals surface area contributed by atoms with Gasteiger partial charge in [0.15, 0.2) is 0 Å². The molecule has 16 heavy (non-hydrogen) atoms. The predicted molar refractivity (Wildman–Crippen MR) is 54.6 cm³/mol. The first-order chi connectivity index (χ1) is 7.56. The minimum Gasteiger partial charge on any atom is -0.281 e. The van der Waals surface area contributed by atoms with Crippen LogP contribution in [0, 0.1) is 11.3 Å². The van der Waals surface area contributed by atoms with Gasteiger partial charge in [-0.15, -0.1) is 0 Å². The lowest BCUT2D eigenvalue weighted by Gasteiger charge is -2.23. The molecule has 0 bridgehead atoms. The number of aromatic nitrogens is 2. The van der Waals surface area contributed by atoms with Gasteiger partial charge in [-0.05, 0) is 13.8 Å². The third-order valence-electron chi connectivity index (χ3n) is 2.31. The molecule has 88 valence electrons.